The quantitative estimate of drug-likeness (QED) is 0.654. The van der Waals surface area contributed by atoms with E-state index in [9.17, 15) is 18.5 Å². The minimum atomic E-state index is -4.03. The maximum absolute atomic E-state index is 12.5. The van der Waals surface area contributed by atoms with Crippen molar-refractivity contribution in [3.63, 3.8) is 0 Å². The first-order valence-corrected chi connectivity index (χ1v) is 8.22. The zero-order valence-electron chi connectivity index (χ0n) is 12.2. The van der Waals surface area contributed by atoms with Crippen LogP contribution in [0.4, 0.5) is 11.4 Å². The van der Waals surface area contributed by atoms with Gasteiger partial charge >= 0.3 is 0 Å². The number of nitrogens with zero attached hydrogens (tertiary/aromatic N) is 1. The Morgan fingerprint density at radius 1 is 1.22 bits per heavy atom. The van der Waals surface area contributed by atoms with Crippen molar-refractivity contribution in [2.75, 3.05) is 11.8 Å². The highest BCUT2D eigenvalue weighted by Crippen LogP contribution is 2.30. The second-order valence-electron chi connectivity index (χ2n) is 4.66. The van der Waals surface area contributed by atoms with Crippen LogP contribution in [0.2, 0.25) is 5.02 Å². The summed E-state index contributed by atoms with van der Waals surface area (Å²) in [7, 11) is -2.69. The molecule has 1 N–H and O–H groups in total. The molecule has 0 unspecified atom stereocenters. The second kappa shape index (κ2) is 6.43. The van der Waals surface area contributed by atoms with Crippen LogP contribution in [-0.4, -0.2) is 20.5 Å². The monoisotopic (exact) mass is 356 g/mol. The lowest BCUT2D eigenvalue weighted by molar-refractivity contribution is -0.384. The molecule has 0 aliphatic carbocycles. The van der Waals surface area contributed by atoms with Gasteiger partial charge in [0.15, 0.2) is 0 Å². The predicted octanol–water partition coefficient (Wildman–Crippen LogP) is 3.37. The van der Waals surface area contributed by atoms with Crippen LogP contribution in [0.3, 0.4) is 0 Å². The Kier molecular flexibility index (Phi) is 4.76. The van der Waals surface area contributed by atoms with Crippen molar-refractivity contribution in [2.24, 2.45) is 0 Å². The number of halogens is 1. The van der Waals surface area contributed by atoms with Crippen molar-refractivity contribution in [1.29, 1.82) is 0 Å². The van der Waals surface area contributed by atoms with Crippen LogP contribution in [-0.2, 0) is 10.0 Å². The van der Waals surface area contributed by atoms with Crippen molar-refractivity contribution in [3.8, 4) is 5.75 Å². The summed E-state index contributed by atoms with van der Waals surface area (Å²) in [6, 6.07) is 8.09. The fourth-order valence-corrected chi connectivity index (χ4v) is 3.45. The van der Waals surface area contributed by atoms with Crippen LogP contribution < -0.4 is 9.46 Å². The van der Waals surface area contributed by atoms with Crippen molar-refractivity contribution in [3.05, 3.63) is 57.1 Å². The minimum Gasteiger partial charge on any atom is -0.495 e. The third-order valence-electron chi connectivity index (χ3n) is 3.09. The zero-order valence-corrected chi connectivity index (χ0v) is 13.8. The first-order valence-electron chi connectivity index (χ1n) is 6.36. The lowest BCUT2D eigenvalue weighted by Gasteiger charge is -2.13. The van der Waals surface area contributed by atoms with Gasteiger partial charge < -0.3 is 4.74 Å². The molecule has 2 aromatic rings. The summed E-state index contributed by atoms with van der Waals surface area (Å²) in [5.41, 5.74) is 0.438. The summed E-state index contributed by atoms with van der Waals surface area (Å²) in [6.07, 6.45) is 0. The highest BCUT2D eigenvalue weighted by molar-refractivity contribution is 7.92. The molecular weight excluding hydrogens is 344 g/mol. The number of aryl methyl sites for hydroxylation is 1. The van der Waals surface area contributed by atoms with E-state index in [1.807, 2.05) is 0 Å². The second-order valence-corrected chi connectivity index (χ2v) is 6.74. The molecular formula is C14H13ClN2O5S. The summed E-state index contributed by atoms with van der Waals surface area (Å²) in [4.78, 5) is 10.1. The maximum atomic E-state index is 12.5. The number of rotatable bonds is 5. The standard InChI is InChI=1S/C14H13ClN2O5S/c1-9-3-5-11(17(18)19)8-12(9)16-23(20,21)14-7-10(15)4-6-13(14)22-2/h3-8,16H,1-2H3. The molecule has 0 fully saturated rings. The summed E-state index contributed by atoms with van der Waals surface area (Å²) in [5, 5.41) is 11.1. The number of nitro benzene ring substituents is 1. The molecule has 0 aromatic heterocycles. The average Bonchev–Trinajstić information content (AvgIpc) is 2.49. The Morgan fingerprint density at radius 3 is 2.52 bits per heavy atom. The van der Waals surface area contributed by atoms with Crippen molar-refractivity contribution < 1.29 is 18.1 Å². The lowest BCUT2D eigenvalue weighted by atomic mass is 10.2. The van der Waals surface area contributed by atoms with E-state index in [1.54, 1.807) is 6.92 Å². The van der Waals surface area contributed by atoms with E-state index in [0.717, 1.165) is 6.07 Å². The summed E-state index contributed by atoms with van der Waals surface area (Å²) in [5.74, 6) is 0.116. The molecule has 0 heterocycles. The molecule has 2 rings (SSSR count). The maximum Gasteiger partial charge on any atom is 0.271 e. The van der Waals surface area contributed by atoms with Crippen LogP contribution in [0.25, 0.3) is 0 Å². The molecule has 0 saturated heterocycles. The summed E-state index contributed by atoms with van der Waals surface area (Å²) >= 11 is 5.84. The number of hydrogen-bond acceptors (Lipinski definition) is 5. The van der Waals surface area contributed by atoms with Gasteiger partial charge in [0.2, 0.25) is 0 Å². The largest absolute Gasteiger partial charge is 0.495 e. The minimum absolute atomic E-state index is 0.112. The highest BCUT2D eigenvalue weighted by Gasteiger charge is 2.22. The smallest absolute Gasteiger partial charge is 0.271 e. The van der Waals surface area contributed by atoms with E-state index in [0.29, 0.717) is 5.56 Å². The van der Waals surface area contributed by atoms with Crippen LogP contribution in [0.5, 0.6) is 5.75 Å². The number of nitrogens with one attached hydrogen (secondary N) is 1. The third kappa shape index (κ3) is 3.72. The number of anilines is 1. The van der Waals surface area contributed by atoms with Crippen LogP contribution in [0.15, 0.2) is 41.3 Å². The van der Waals surface area contributed by atoms with Gasteiger partial charge in [-0.25, -0.2) is 8.42 Å². The topological polar surface area (TPSA) is 98.5 Å². The molecule has 0 aliphatic rings. The number of benzene rings is 2. The number of nitro groups is 1. The predicted molar refractivity (Wildman–Crippen MR) is 86.6 cm³/mol. The Labute approximate surface area is 138 Å². The fourth-order valence-electron chi connectivity index (χ4n) is 1.89. The molecule has 0 saturated carbocycles. The molecule has 2 aromatic carbocycles. The van der Waals surface area contributed by atoms with E-state index < -0.39 is 14.9 Å². The van der Waals surface area contributed by atoms with Gasteiger partial charge in [-0.3, -0.25) is 14.8 Å². The van der Waals surface area contributed by atoms with Crippen molar-refractivity contribution in [2.45, 2.75) is 11.8 Å². The van der Waals surface area contributed by atoms with Crippen LogP contribution in [0.1, 0.15) is 5.56 Å². The van der Waals surface area contributed by atoms with Gasteiger partial charge in [0.1, 0.15) is 10.6 Å². The van der Waals surface area contributed by atoms with Gasteiger partial charge in [0, 0.05) is 17.2 Å². The first-order chi connectivity index (χ1) is 10.7. The Bertz CT molecular complexity index is 867. The molecule has 7 nitrogen and oxygen atoms in total. The van der Waals surface area contributed by atoms with Gasteiger partial charge in [-0.2, -0.15) is 0 Å². The van der Waals surface area contributed by atoms with Gasteiger partial charge in [-0.15, -0.1) is 0 Å². The number of non-ortho nitro benzene ring substituents is 1. The SMILES string of the molecule is COc1ccc(Cl)cc1S(=O)(=O)Nc1cc([N+](=O)[O-])ccc1C. The summed E-state index contributed by atoms with van der Waals surface area (Å²) < 4.78 is 32.5. The molecule has 0 bridgehead atoms. The average molecular weight is 357 g/mol. The number of ether oxygens (including phenoxy) is 1. The van der Waals surface area contributed by atoms with Gasteiger partial charge in [0.25, 0.3) is 15.7 Å². The molecule has 122 valence electrons. The van der Waals surface area contributed by atoms with Gasteiger partial charge in [-0.1, -0.05) is 17.7 Å². The highest BCUT2D eigenvalue weighted by atomic mass is 35.5. The number of sulfonamides is 1. The molecule has 0 aliphatic heterocycles. The molecule has 0 spiro atoms. The van der Waals surface area contributed by atoms with Crippen LogP contribution in [0, 0.1) is 17.0 Å². The van der Waals surface area contributed by atoms with Gasteiger partial charge in [0.05, 0.1) is 17.7 Å². The molecule has 23 heavy (non-hydrogen) atoms. The molecule has 0 atom stereocenters. The lowest BCUT2D eigenvalue weighted by Crippen LogP contribution is -2.15. The van der Waals surface area contributed by atoms with E-state index >= 15 is 0 Å². The number of hydrogen-bond donors (Lipinski definition) is 1. The Morgan fingerprint density at radius 2 is 1.91 bits per heavy atom. The van der Waals surface area contributed by atoms with E-state index in [4.69, 9.17) is 16.3 Å². The zero-order chi connectivity index (χ0) is 17.2. The van der Waals surface area contributed by atoms with E-state index in [2.05, 4.69) is 4.72 Å². The van der Waals surface area contributed by atoms with E-state index in [-0.39, 0.29) is 27.0 Å². The van der Waals surface area contributed by atoms with Crippen molar-refractivity contribution in [1.82, 2.24) is 0 Å². The fraction of sp³-hybridized carbons (Fsp3) is 0.143. The third-order valence-corrected chi connectivity index (χ3v) is 4.71. The molecule has 9 heteroatoms. The van der Waals surface area contributed by atoms with E-state index in [1.165, 1.54) is 37.4 Å². The summed E-state index contributed by atoms with van der Waals surface area (Å²) in [6.45, 7) is 1.64. The van der Waals surface area contributed by atoms with Crippen LogP contribution >= 0.6 is 11.6 Å². The Hall–Kier alpha value is -2.32. The first kappa shape index (κ1) is 17.0. The molecule has 0 radical (unpaired) electrons. The molecule has 0 amide bonds. The number of methoxy groups -OCH3 is 1. The normalized spacial score (nSPS) is 11.1. The van der Waals surface area contributed by atoms with Crippen molar-refractivity contribution >= 4 is 33.0 Å². The van der Waals surface area contributed by atoms with Gasteiger partial charge in [-0.05, 0) is 30.7 Å². The Balaban J connectivity index is 2.49.